The molecule has 0 atom stereocenters. The van der Waals surface area contributed by atoms with Gasteiger partial charge in [-0.3, -0.25) is 0 Å². The smallest absolute Gasteiger partial charge is 0.0124 e. The van der Waals surface area contributed by atoms with Gasteiger partial charge in [0.1, 0.15) is 0 Å². The molecule has 0 saturated heterocycles. The summed E-state index contributed by atoms with van der Waals surface area (Å²) in [5.74, 6) is 1.00. The summed E-state index contributed by atoms with van der Waals surface area (Å²) < 4.78 is 0. The van der Waals surface area contributed by atoms with Crippen molar-refractivity contribution in [1.82, 2.24) is 0 Å². The monoisotopic (exact) mass is 222 g/mol. The van der Waals surface area contributed by atoms with E-state index in [0.29, 0.717) is 0 Å². The molecule has 0 unspecified atom stereocenters. The Hall–Kier alpha value is -0.470. The molecule has 0 aliphatic carbocycles. The number of rotatable bonds is 4. The van der Waals surface area contributed by atoms with Gasteiger partial charge in [-0.1, -0.05) is 24.3 Å². The molecule has 0 radical (unpaired) electrons. The fourth-order valence-corrected chi connectivity index (χ4v) is 2.92. The van der Waals surface area contributed by atoms with Crippen LogP contribution in [0.2, 0.25) is 0 Å². The third-order valence-electron chi connectivity index (χ3n) is 2.40. The van der Waals surface area contributed by atoms with Crippen molar-refractivity contribution in [2.45, 2.75) is 19.3 Å². The molecule has 0 N–H and O–H groups in total. The third-order valence-corrected chi connectivity index (χ3v) is 3.80. The van der Waals surface area contributed by atoms with Crippen molar-refractivity contribution in [2.75, 3.05) is 5.75 Å². The SMILES string of the molecule is SCCCCc1scc2ccccc12. The molecular weight excluding hydrogens is 208 g/mol. The topological polar surface area (TPSA) is 0 Å². The van der Waals surface area contributed by atoms with Gasteiger partial charge in [0, 0.05) is 4.88 Å². The van der Waals surface area contributed by atoms with Gasteiger partial charge in [-0.05, 0) is 41.2 Å². The van der Waals surface area contributed by atoms with Gasteiger partial charge in [0.25, 0.3) is 0 Å². The van der Waals surface area contributed by atoms with E-state index in [1.807, 2.05) is 11.3 Å². The average molecular weight is 222 g/mol. The van der Waals surface area contributed by atoms with Crippen molar-refractivity contribution in [1.29, 1.82) is 0 Å². The summed E-state index contributed by atoms with van der Waals surface area (Å²) in [5.41, 5.74) is 0. The molecule has 1 aromatic carbocycles. The standard InChI is InChI=1S/C12H14S2/c13-8-4-3-7-12-11-6-2-1-5-10(11)9-14-12/h1-2,5-6,9,13H,3-4,7-8H2. The molecule has 2 aromatic rings. The molecule has 0 amide bonds. The zero-order valence-corrected chi connectivity index (χ0v) is 9.78. The molecule has 2 rings (SSSR count). The quantitative estimate of drug-likeness (QED) is 0.583. The Balaban J connectivity index is 2.17. The maximum absolute atomic E-state index is 4.23. The lowest BCUT2D eigenvalue weighted by Gasteiger charge is -1.97. The first-order valence-electron chi connectivity index (χ1n) is 4.98. The van der Waals surface area contributed by atoms with Crippen LogP contribution in [-0.2, 0) is 6.42 Å². The number of hydrogen-bond acceptors (Lipinski definition) is 2. The van der Waals surface area contributed by atoms with Crippen molar-refractivity contribution in [3.8, 4) is 0 Å². The lowest BCUT2D eigenvalue weighted by molar-refractivity contribution is 0.816. The molecule has 0 bridgehead atoms. The maximum atomic E-state index is 4.23. The van der Waals surface area contributed by atoms with E-state index in [2.05, 4.69) is 42.3 Å². The molecule has 14 heavy (non-hydrogen) atoms. The van der Waals surface area contributed by atoms with Gasteiger partial charge in [0.2, 0.25) is 0 Å². The van der Waals surface area contributed by atoms with E-state index in [-0.39, 0.29) is 0 Å². The van der Waals surface area contributed by atoms with Gasteiger partial charge < -0.3 is 0 Å². The van der Waals surface area contributed by atoms with Gasteiger partial charge in [-0.15, -0.1) is 11.3 Å². The van der Waals surface area contributed by atoms with Gasteiger partial charge in [0.05, 0.1) is 0 Å². The number of thiophene rings is 1. The molecule has 0 saturated carbocycles. The Morgan fingerprint density at radius 1 is 1.14 bits per heavy atom. The minimum atomic E-state index is 1.00. The van der Waals surface area contributed by atoms with E-state index >= 15 is 0 Å². The van der Waals surface area contributed by atoms with Crippen LogP contribution in [0.4, 0.5) is 0 Å². The van der Waals surface area contributed by atoms with E-state index in [0.717, 1.165) is 5.75 Å². The number of benzene rings is 1. The van der Waals surface area contributed by atoms with E-state index in [1.54, 1.807) is 0 Å². The molecule has 1 aromatic heterocycles. The molecule has 0 aliphatic heterocycles. The third kappa shape index (κ3) is 2.12. The van der Waals surface area contributed by atoms with Gasteiger partial charge in [0.15, 0.2) is 0 Å². The number of aryl methyl sites for hydroxylation is 1. The first-order chi connectivity index (χ1) is 6.92. The second-order valence-electron chi connectivity index (χ2n) is 3.43. The summed E-state index contributed by atoms with van der Waals surface area (Å²) >= 11 is 6.12. The highest BCUT2D eigenvalue weighted by atomic mass is 32.1. The van der Waals surface area contributed by atoms with Gasteiger partial charge >= 0.3 is 0 Å². The van der Waals surface area contributed by atoms with Crippen molar-refractivity contribution < 1.29 is 0 Å². The van der Waals surface area contributed by atoms with Crippen molar-refractivity contribution in [3.05, 3.63) is 34.5 Å². The van der Waals surface area contributed by atoms with Gasteiger partial charge in [-0.25, -0.2) is 0 Å². The highest BCUT2D eigenvalue weighted by Gasteiger charge is 2.02. The van der Waals surface area contributed by atoms with Crippen LogP contribution in [0.25, 0.3) is 10.8 Å². The fourth-order valence-electron chi connectivity index (χ4n) is 1.64. The summed E-state index contributed by atoms with van der Waals surface area (Å²) in [5, 5.41) is 5.08. The Bertz CT molecular complexity index is 403. The largest absolute Gasteiger partial charge is 0.179 e. The first-order valence-corrected chi connectivity index (χ1v) is 6.49. The van der Waals surface area contributed by atoms with Crippen molar-refractivity contribution >= 4 is 34.7 Å². The van der Waals surface area contributed by atoms with Crippen LogP contribution in [0.5, 0.6) is 0 Å². The Morgan fingerprint density at radius 2 is 2.00 bits per heavy atom. The van der Waals surface area contributed by atoms with E-state index < -0.39 is 0 Å². The predicted molar refractivity (Wildman–Crippen MR) is 68.6 cm³/mol. The van der Waals surface area contributed by atoms with Crippen LogP contribution in [0.3, 0.4) is 0 Å². The Labute approximate surface area is 94.4 Å². The van der Waals surface area contributed by atoms with Crippen LogP contribution in [0, 0.1) is 0 Å². The minimum absolute atomic E-state index is 1.00. The van der Waals surface area contributed by atoms with Crippen LogP contribution >= 0.6 is 24.0 Å². The zero-order valence-electron chi connectivity index (χ0n) is 8.07. The second-order valence-corrected chi connectivity index (χ2v) is 4.84. The number of thiol groups is 1. The summed E-state index contributed by atoms with van der Waals surface area (Å²) in [4.78, 5) is 1.53. The van der Waals surface area contributed by atoms with Crippen LogP contribution in [0.15, 0.2) is 29.6 Å². The fraction of sp³-hybridized carbons (Fsp3) is 0.333. The van der Waals surface area contributed by atoms with Crippen LogP contribution in [-0.4, -0.2) is 5.75 Å². The van der Waals surface area contributed by atoms with Crippen molar-refractivity contribution in [2.24, 2.45) is 0 Å². The lowest BCUT2D eigenvalue weighted by atomic mass is 10.1. The predicted octanol–water partition coefficient (Wildman–Crippen LogP) is 4.15. The molecule has 0 spiro atoms. The second kappa shape index (κ2) is 4.85. The highest BCUT2D eigenvalue weighted by molar-refractivity contribution is 7.80. The molecule has 1 heterocycles. The van der Waals surface area contributed by atoms with Crippen LogP contribution < -0.4 is 0 Å². The number of unbranched alkanes of at least 4 members (excludes halogenated alkanes) is 1. The molecular formula is C12H14S2. The summed E-state index contributed by atoms with van der Waals surface area (Å²) in [6.45, 7) is 0. The summed E-state index contributed by atoms with van der Waals surface area (Å²) in [6.07, 6.45) is 3.68. The summed E-state index contributed by atoms with van der Waals surface area (Å²) in [6, 6.07) is 8.64. The molecule has 74 valence electrons. The highest BCUT2D eigenvalue weighted by Crippen LogP contribution is 2.26. The average Bonchev–Trinajstić information content (AvgIpc) is 2.63. The summed E-state index contributed by atoms with van der Waals surface area (Å²) in [7, 11) is 0. The van der Waals surface area contributed by atoms with Gasteiger partial charge in [-0.2, -0.15) is 12.6 Å². The first kappa shape index (κ1) is 10.1. The zero-order chi connectivity index (χ0) is 9.80. The Morgan fingerprint density at radius 3 is 2.86 bits per heavy atom. The molecule has 0 aliphatic rings. The number of hydrogen-bond donors (Lipinski definition) is 1. The number of fused-ring (bicyclic) bond motifs is 1. The Kier molecular flexibility index (Phi) is 3.49. The minimum Gasteiger partial charge on any atom is -0.179 e. The van der Waals surface area contributed by atoms with Crippen LogP contribution in [0.1, 0.15) is 17.7 Å². The maximum Gasteiger partial charge on any atom is 0.0124 e. The van der Waals surface area contributed by atoms with E-state index in [9.17, 15) is 0 Å². The molecule has 0 nitrogen and oxygen atoms in total. The molecule has 2 heteroatoms. The molecule has 0 fully saturated rings. The van der Waals surface area contributed by atoms with E-state index in [1.165, 1.54) is 34.9 Å². The lowest BCUT2D eigenvalue weighted by Crippen LogP contribution is -1.82. The van der Waals surface area contributed by atoms with E-state index in [4.69, 9.17) is 0 Å². The van der Waals surface area contributed by atoms with Crippen molar-refractivity contribution in [3.63, 3.8) is 0 Å². The normalized spacial score (nSPS) is 10.9.